The summed E-state index contributed by atoms with van der Waals surface area (Å²) in [7, 11) is 0. The number of carboxylic acid groups (broad SMARTS) is 1. The van der Waals surface area contributed by atoms with E-state index in [1.54, 1.807) is 11.6 Å². The lowest BCUT2D eigenvalue weighted by Crippen LogP contribution is -2.57. The molecule has 0 spiro atoms. The van der Waals surface area contributed by atoms with Crippen molar-refractivity contribution in [2.24, 2.45) is 0 Å². The summed E-state index contributed by atoms with van der Waals surface area (Å²) >= 11 is 0. The van der Waals surface area contributed by atoms with Gasteiger partial charge >= 0.3 is 5.97 Å². The Labute approximate surface area is 139 Å². The Balaban J connectivity index is 1.85. The van der Waals surface area contributed by atoms with Crippen molar-refractivity contribution in [3.05, 3.63) is 47.8 Å². The van der Waals surface area contributed by atoms with E-state index in [0.29, 0.717) is 24.5 Å². The molecule has 2 heterocycles. The van der Waals surface area contributed by atoms with Gasteiger partial charge in [0.2, 0.25) is 0 Å². The molecule has 2 N–H and O–H groups in total. The van der Waals surface area contributed by atoms with E-state index in [2.05, 4.69) is 10.4 Å². The van der Waals surface area contributed by atoms with Crippen LogP contribution in [0.4, 0.5) is 0 Å². The zero-order chi connectivity index (χ0) is 17.2. The second-order valence-corrected chi connectivity index (χ2v) is 5.84. The number of carbonyl (C=O) groups is 2. The van der Waals surface area contributed by atoms with Crippen LogP contribution in [0.25, 0.3) is 5.69 Å². The molecule has 0 bridgehead atoms. The van der Waals surface area contributed by atoms with Crippen molar-refractivity contribution in [2.75, 3.05) is 13.2 Å². The summed E-state index contributed by atoms with van der Waals surface area (Å²) in [5, 5.41) is 16.5. The minimum atomic E-state index is -1.28. The summed E-state index contributed by atoms with van der Waals surface area (Å²) < 4.78 is 6.88. The molecule has 0 atom stereocenters. The molecule has 1 aromatic heterocycles. The lowest BCUT2D eigenvalue weighted by atomic mass is 9.89. The van der Waals surface area contributed by atoms with Gasteiger partial charge in [0.1, 0.15) is 5.54 Å². The predicted octanol–water partition coefficient (Wildman–Crippen LogP) is 1.54. The van der Waals surface area contributed by atoms with Crippen LogP contribution in [-0.2, 0) is 9.53 Å². The second-order valence-electron chi connectivity index (χ2n) is 5.84. The molecule has 1 amide bonds. The van der Waals surface area contributed by atoms with Crippen LogP contribution in [-0.4, -0.2) is 45.5 Å². The number of hydrogen-bond acceptors (Lipinski definition) is 4. The van der Waals surface area contributed by atoms with Crippen molar-refractivity contribution in [1.29, 1.82) is 0 Å². The van der Waals surface area contributed by atoms with E-state index in [4.69, 9.17) is 4.74 Å². The smallest absolute Gasteiger partial charge is 0.329 e. The van der Waals surface area contributed by atoms with Crippen LogP contribution in [0.15, 0.2) is 36.5 Å². The minimum absolute atomic E-state index is 0.250. The number of nitrogens with one attached hydrogen (secondary N) is 1. The van der Waals surface area contributed by atoms with E-state index in [1.165, 1.54) is 6.20 Å². The van der Waals surface area contributed by atoms with Gasteiger partial charge in [0.25, 0.3) is 5.91 Å². The van der Waals surface area contributed by atoms with Crippen molar-refractivity contribution in [3.63, 3.8) is 0 Å². The van der Waals surface area contributed by atoms with Gasteiger partial charge in [0, 0.05) is 26.1 Å². The molecule has 2 aromatic rings. The quantitative estimate of drug-likeness (QED) is 0.887. The maximum absolute atomic E-state index is 12.6. The minimum Gasteiger partial charge on any atom is -0.480 e. The fourth-order valence-electron chi connectivity index (χ4n) is 2.86. The van der Waals surface area contributed by atoms with E-state index in [9.17, 15) is 14.7 Å². The third-order valence-corrected chi connectivity index (χ3v) is 4.36. The highest BCUT2D eigenvalue weighted by atomic mass is 16.5. The molecular weight excluding hydrogens is 310 g/mol. The number of nitrogens with zero attached hydrogens (tertiary/aromatic N) is 2. The van der Waals surface area contributed by atoms with E-state index in [1.807, 2.05) is 30.3 Å². The number of aromatic nitrogens is 2. The lowest BCUT2D eigenvalue weighted by molar-refractivity contribution is -0.148. The van der Waals surface area contributed by atoms with Gasteiger partial charge in [0.15, 0.2) is 0 Å². The number of para-hydroxylation sites is 1. The van der Waals surface area contributed by atoms with Gasteiger partial charge in [-0.25, -0.2) is 9.48 Å². The van der Waals surface area contributed by atoms with Crippen molar-refractivity contribution in [3.8, 4) is 5.69 Å². The van der Waals surface area contributed by atoms with Crippen LogP contribution in [0, 0.1) is 6.92 Å². The molecule has 24 heavy (non-hydrogen) atoms. The highest BCUT2D eigenvalue weighted by Gasteiger charge is 2.42. The topological polar surface area (TPSA) is 93.5 Å². The van der Waals surface area contributed by atoms with Crippen LogP contribution in [0.5, 0.6) is 0 Å². The Bertz CT molecular complexity index is 748. The van der Waals surface area contributed by atoms with Crippen LogP contribution >= 0.6 is 0 Å². The SMILES string of the molecule is Cc1c(C(=O)NC2(C(=O)O)CCOCC2)cnn1-c1ccccc1. The summed E-state index contributed by atoms with van der Waals surface area (Å²) in [4.78, 5) is 24.3. The Kier molecular flexibility index (Phi) is 4.35. The maximum Gasteiger partial charge on any atom is 0.329 e. The van der Waals surface area contributed by atoms with Crippen molar-refractivity contribution < 1.29 is 19.4 Å². The summed E-state index contributed by atoms with van der Waals surface area (Å²) in [6.07, 6.45) is 1.96. The first-order valence-electron chi connectivity index (χ1n) is 7.77. The number of hydrogen-bond donors (Lipinski definition) is 2. The summed E-state index contributed by atoms with van der Waals surface area (Å²) in [6, 6.07) is 9.45. The van der Waals surface area contributed by atoms with Gasteiger partial charge in [-0.1, -0.05) is 18.2 Å². The molecule has 1 aromatic carbocycles. The molecule has 0 radical (unpaired) electrons. The molecule has 7 heteroatoms. The largest absolute Gasteiger partial charge is 0.480 e. The summed E-state index contributed by atoms with van der Waals surface area (Å²) in [6.45, 7) is 2.41. The normalized spacial score (nSPS) is 16.5. The number of aliphatic carboxylic acids is 1. The second kappa shape index (κ2) is 6.45. The zero-order valence-corrected chi connectivity index (χ0v) is 13.4. The summed E-state index contributed by atoms with van der Waals surface area (Å²) in [5.41, 5.74) is 0.585. The number of carboxylic acids is 1. The van der Waals surface area contributed by atoms with Gasteiger partial charge in [0.05, 0.1) is 23.1 Å². The molecule has 0 saturated carbocycles. The molecule has 1 aliphatic heterocycles. The molecular formula is C17H19N3O4. The first kappa shape index (κ1) is 16.2. The van der Waals surface area contributed by atoms with Crippen molar-refractivity contribution in [1.82, 2.24) is 15.1 Å². The molecule has 1 fully saturated rings. The van der Waals surface area contributed by atoms with Crippen LogP contribution in [0.3, 0.4) is 0 Å². The Morgan fingerprint density at radius 1 is 1.25 bits per heavy atom. The Morgan fingerprint density at radius 2 is 1.92 bits per heavy atom. The lowest BCUT2D eigenvalue weighted by Gasteiger charge is -2.33. The predicted molar refractivity (Wildman–Crippen MR) is 86.2 cm³/mol. The van der Waals surface area contributed by atoms with E-state index < -0.39 is 17.4 Å². The maximum atomic E-state index is 12.6. The van der Waals surface area contributed by atoms with Gasteiger partial charge in [-0.15, -0.1) is 0 Å². The zero-order valence-electron chi connectivity index (χ0n) is 13.4. The monoisotopic (exact) mass is 329 g/mol. The molecule has 1 saturated heterocycles. The summed E-state index contributed by atoms with van der Waals surface area (Å²) in [5.74, 6) is -1.47. The average Bonchev–Trinajstić information content (AvgIpc) is 2.98. The third kappa shape index (κ3) is 2.90. The van der Waals surface area contributed by atoms with Gasteiger partial charge in [-0.05, 0) is 19.1 Å². The number of ether oxygens (including phenoxy) is 1. The number of benzene rings is 1. The van der Waals surface area contributed by atoms with Gasteiger partial charge in [-0.3, -0.25) is 4.79 Å². The van der Waals surface area contributed by atoms with E-state index in [0.717, 1.165) is 5.69 Å². The fraction of sp³-hybridized carbons (Fsp3) is 0.353. The number of amides is 1. The highest BCUT2D eigenvalue weighted by Crippen LogP contribution is 2.22. The first-order chi connectivity index (χ1) is 11.5. The molecule has 0 aliphatic carbocycles. The molecule has 7 nitrogen and oxygen atoms in total. The molecule has 3 rings (SSSR count). The highest BCUT2D eigenvalue weighted by molar-refractivity contribution is 5.98. The molecule has 0 unspecified atom stereocenters. The van der Waals surface area contributed by atoms with Crippen LogP contribution in [0.2, 0.25) is 0 Å². The van der Waals surface area contributed by atoms with Crippen molar-refractivity contribution >= 4 is 11.9 Å². The number of rotatable bonds is 4. The molecule has 126 valence electrons. The van der Waals surface area contributed by atoms with Crippen LogP contribution in [0.1, 0.15) is 28.9 Å². The van der Waals surface area contributed by atoms with Gasteiger partial charge in [-0.2, -0.15) is 5.10 Å². The molecule has 1 aliphatic rings. The van der Waals surface area contributed by atoms with E-state index in [-0.39, 0.29) is 12.8 Å². The average molecular weight is 329 g/mol. The Morgan fingerprint density at radius 3 is 2.54 bits per heavy atom. The van der Waals surface area contributed by atoms with Gasteiger partial charge < -0.3 is 15.2 Å². The van der Waals surface area contributed by atoms with E-state index >= 15 is 0 Å². The Hall–Kier alpha value is -2.67. The number of carbonyl (C=O) groups excluding carboxylic acids is 1. The standard InChI is InChI=1S/C17H19N3O4/c1-12-14(11-18-20(12)13-5-3-2-4-6-13)15(21)19-17(16(22)23)7-9-24-10-8-17/h2-6,11H,7-10H2,1H3,(H,19,21)(H,22,23). The van der Waals surface area contributed by atoms with Crippen molar-refractivity contribution in [2.45, 2.75) is 25.3 Å². The third-order valence-electron chi connectivity index (χ3n) is 4.36. The van der Waals surface area contributed by atoms with Crippen LogP contribution < -0.4 is 5.32 Å². The fourth-order valence-corrected chi connectivity index (χ4v) is 2.86. The first-order valence-corrected chi connectivity index (χ1v) is 7.77.